The molecule has 1 saturated carbocycles. The van der Waals surface area contributed by atoms with Crippen molar-refractivity contribution in [3.05, 3.63) is 17.7 Å². The fourth-order valence-electron chi connectivity index (χ4n) is 2.45. The second kappa shape index (κ2) is 8.13. The van der Waals surface area contributed by atoms with Crippen LogP contribution in [0.1, 0.15) is 38.2 Å². The molecule has 21 heavy (non-hydrogen) atoms. The number of hydrogen-bond donors (Lipinski definition) is 1. The quantitative estimate of drug-likeness (QED) is 0.709. The Morgan fingerprint density at radius 2 is 1.81 bits per heavy atom. The standard InChI is InChI=1S/C17H27NO3/c1-4-8-18-11-14-9-15(19-2)17(16(10-14)20-3)21-12-13-6-5-7-13/h9-10,13,18H,4-8,11-12H2,1-3H3. The van der Waals surface area contributed by atoms with E-state index in [-0.39, 0.29) is 0 Å². The molecule has 118 valence electrons. The maximum Gasteiger partial charge on any atom is 0.203 e. The van der Waals surface area contributed by atoms with Crippen LogP contribution in [-0.4, -0.2) is 27.4 Å². The molecule has 1 aliphatic rings. The number of benzene rings is 1. The zero-order valence-corrected chi connectivity index (χ0v) is 13.4. The topological polar surface area (TPSA) is 39.7 Å². The van der Waals surface area contributed by atoms with Crippen molar-refractivity contribution in [1.29, 1.82) is 0 Å². The molecule has 1 fully saturated rings. The van der Waals surface area contributed by atoms with E-state index in [0.717, 1.165) is 48.9 Å². The van der Waals surface area contributed by atoms with Crippen LogP contribution >= 0.6 is 0 Å². The molecule has 0 aromatic heterocycles. The van der Waals surface area contributed by atoms with Crippen molar-refractivity contribution in [3.8, 4) is 17.2 Å². The zero-order valence-electron chi connectivity index (χ0n) is 13.4. The Labute approximate surface area is 127 Å². The van der Waals surface area contributed by atoms with Gasteiger partial charge < -0.3 is 19.5 Å². The Kier molecular flexibility index (Phi) is 6.18. The van der Waals surface area contributed by atoms with Gasteiger partial charge in [0.15, 0.2) is 11.5 Å². The molecule has 0 saturated heterocycles. The van der Waals surface area contributed by atoms with Gasteiger partial charge in [0.2, 0.25) is 5.75 Å². The van der Waals surface area contributed by atoms with Crippen LogP contribution in [0.25, 0.3) is 0 Å². The molecule has 0 spiro atoms. The first kappa shape index (κ1) is 16.0. The van der Waals surface area contributed by atoms with Gasteiger partial charge in [-0.15, -0.1) is 0 Å². The van der Waals surface area contributed by atoms with E-state index in [4.69, 9.17) is 14.2 Å². The molecule has 0 unspecified atom stereocenters. The average molecular weight is 293 g/mol. The molecule has 4 nitrogen and oxygen atoms in total. The third-order valence-corrected chi connectivity index (χ3v) is 3.96. The Balaban J connectivity index is 2.09. The molecule has 1 aliphatic carbocycles. The highest BCUT2D eigenvalue weighted by Crippen LogP contribution is 2.39. The molecule has 0 amide bonds. The SMILES string of the molecule is CCCNCc1cc(OC)c(OCC2CCC2)c(OC)c1. The molecular formula is C17H27NO3. The lowest BCUT2D eigenvalue weighted by molar-refractivity contribution is 0.171. The summed E-state index contributed by atoms with van der Waals surface area (Å²) in [5.74, 6) is 2.92. The fourth-order valence-corrected chi connectivity index (χ4v) is 2.45. The molecule has 0 bridgehead atoms. The predicted molar refractivity (Wildman–Crippen MR) is 84.4 cm³/mol. The van der Waals surface area contributed by atoms with Gasteiger partial charge in [0, 0.05) is 6.54 Å². The maximum atomic E-state index is 5.96. The van der Waals surface area contributed by atoms with Crippen molar-refractivity contribution in [2.45, 2.75) is 39.2 Å². The average Bonchev–Trinajstić information content (AvgIpc) is 2.46. The van der Waals surface area contributed by atoms with E-state index in [1.807, 2.05) is 12.1 Å². The van der Waals surface area contributed by atoms with Crippen molar-refractivity contribution >= 4 is 0 Å². The smallest absolute Gasteiger partial charge is 0.203 e. The lowest BCUT2D eigenvalue weighted by Gasteiger charge is -2.26. The third-order valence-electron chi connectivity index (χ3n) is 3.96. The monoisotopic (exact) mass is 293 g/mol. The number of ether oxygens (including phenoxy) is 3. The fraction of sp³-hybridized carbons (Fsp3) is 0.647. The summed E-state index contributed by atoms with van der Waals surface area (Å²) in [5.41, 5.74) is 1.15. The Hall–Kier alpha value is -1.42. The third kappa shape index (κ3) is 4.27. The van der Waals surface area contributed by atoms with E-state index in [9.17, 15) is 0 Å². The van der Waals surface area contributed by atoms with Crippen LogP contribution < -0.4 is 19.5 Å². The molecule has 1 aromatic carbocycles. The van der Waals surface area contributed by atoms with E-state index in [0.29, 0.717) is 5.92 Å². The van der Waals surface area contributed by atoms with Crippen molar-refractivity contribution in [1.82, 2.24) is 5.32 Å². The Morgan fingerprint density at radius 3 is 2.29 bits per heavy atom. The van der Waals surface area contributed by atoms with Gasteiger partial charge in [-0.2, -0.15) is 0 Å². The first-order valence-corrected chi connectivity index (χ1v) is 7.86. The zero-order chi connectivity index (χ0) is 15.1. The summed E-state index contributed by atoms with van der Waals surface area (Å²) in [7, 11) is 3.35. The summed E-state index contributed by atoms with van der Waals surface area (Å²) in [6, 6.07) is 4.06. The molecule has 2 rings (SSSR count). The van der Waals surface area contributed by atoms with Gasteiger partial charge in [0.25, 0.3) is 0 Å². The van der Waals surface area contributed by atoms with Gasteiger partial charge in [-0.05, 0) is 49.4 Å². The second-order valence-corrected chi connectivity index (χ2v) is 5.61. The predicted octanol–water partition coefficient (Wildman–Crippen LogP) is 3.38. The number of methoxy groups -OCH3 is 2. The van der Waals surface area contributed by atoms with Crippen LogP contribution in [0.15, 0.2) is 12.1 Å². The van der Waals surface area contributed by atoms with E-state index in [2.05, 4.69) is 12.2 Å². The number of rotatable bonds is 9. The largest absolute Gasteiger partial charge is 0.493 e. The molecular weight excluding hydrogens is 266 g/mol. The lowest BCUT2D eigenvalue weighted by atomic mass is 9.86. The maximum absolute atomic E-state index is 5.96. The minimum atomic E-state index is 0.685. The summed E-state index contributed by atoms with van der Waals surface area (Å²) < 4.78 is 16.9. The molecule has 4 heteroatoms. The normalized spacial score (nSPS) is 14.6. The van der Waals surface area contributed by atoms with Crippen LogP contribution in [0.4, 0.5) is 0 Å². The molecule has 0 radical (unpaired) electrons. The van der Waals surface area contributed by atoms with Crippen LogP contribution in [-0.2, 0) is 6.54 Å². The summed E-state index contributed by atoms with van der Waals surface area (Å²) in [4.78, 5) is 0. The first-order valence-electron chi connectivity index (χ1n) is 7.86. The molecule has 0 atom stereocenters. The summed E-state index contributed by atoms with van der Waals surface area (Å²) in [5, 5.41) is 3.39. The van der Waals surface area contributed by atoms with Crippen molar-refractivity contribution < 1.29 is 14.2 Å². The minimum Gasteiger partial charge on any atom is -0.493 e. The van der Waals surface area contributed by atoms with Crippen molar-refractivity contribution in [3.63, 3.8) is 0 Å². The van der Waals surface area contributed by atoms with E-state index in [1.165, 1.54) is 19.3 Å². The minimum absolute atomic E-state index is 0.685. The summed E-state index contributed by atoms with van der Waals surface area (Å²) in [6.07, 6.45) is 4.98. The van der Waals surface area contributed by atoms with Crippen LogP contribution in [0.5, 0.6) is 17.2 Å². The number of nitrogens with one attached hydrogen (secondary N) is 1. The Morgan fingerprint density at radius 1 is 1.14 bits per heavy atom. The molecule has 0 heterocycles. The van der Waals surface area contributed by atoms with Gasteiger partial charge in [-0.1, -0.05) is 13.3 Å². The first-order chi connectivity index (χ1) is 10.3. The van der Waals surface area contributed by atoms with Crippen molar-refractivity contribution in [2.24, 2.45) is 5.92 Å². The summed E-state index contributed by atoms with van der Waals surface area (Å²) in [6.45, 7) is 4.72. The Bertz CT molecular complexity index is 419. The van der Waals surface area contributed by atoms with Gasteiger partial charge in [0.05, 0.1) is 20.8 Å². The van der Waals surface area contributed by atoms with E-state index in [1.54, 1.807) is 14.2 Å². The second-order valence-electron chi connectivity index (χ2n) is 5.61. The molecule has 1 N–H and O–H groups in total. The highest BCUT2D eigenvalue weighted by atomic mass is 16.5. The van der Waals surface area contributed by atoms with Crippen LogP contribution in [0.3, 0.4) is 0 Å². The van der Waals surface area contributed by atoms with E-state index < -0.39 is 0 Å². The van der Waals surface area contributed by atoms with Gasteiger partial charge in [-0.25, -0.2) is 0 Å². The van der Waals surface area contributed by atoms with Gasteiger partial charge in [-0.3, -0.25) is 0 Å². The van der Waals surface area contributed by atoms with Gasteiger partial charge in [0.1, 0.15) is 0 Å². The highest BCUT2D eigenvalue weighted by Gasteiger charge is 2.21. The molecule has 0 aliphatic heterocycles. The number of hydrogen-bond acceptors (Lipinski definition) is 4. The van der Waals surface area contributed by atoms with Crippen molar-refractivity contribution in [2.75, 3.05) is 27.4 Å². The summed E-state index contributed by atoms with van der Waals surface area (Å²) >= 11 is 0. The lowest BCUT2D eigenvalue weighted by Crippen LogP contribution is -2.20. The molecule has 1 aromatic rings. The van der Waals surface area contributed by atoms with Crippen LogP contribution in [0, 0.1) is 5.92 Å². The highest BCUT2D eigenvalue weighted by molar-refractivity contribution is 5.53. The van der Waals surface area contributed by atoms with Crippen LogP contribution in [0.2, 0.25) is 0 Å². The van der Waals surface area contributed by atoms with E-state index >= 15 is 0 Å². The van der Waals surface area contributed by atoms with Gasteiger partial charge >= 0.3 is 0 Å².